The van der Waals surface area contributed by atoms with Gasteiger partial charge in [0.05, 0.1) is 12.8 Å². The summed E-state index contributed by atoms with van der Waals surface area (Å²) >= 11 is 3.06. The van der Waals surface area contributed by atoms with Crippen molar-refractivity contribution in [3.05, 3.63) is 11.1 Å². The molecule has 0 saturated carbocycles. The minimum Gasteiger partial charge on any atom is -0.484 e. The van der Waals surface area contributed by atoms with Gasteiger partial charge in [0.1, 0.15) is 0 Å². The van der Waals surface area contributed by atoms with Crippen molar-refractivity contribution in [3.8, 4) is 6.19 Å². The first kappa shape index (κ1) is 15.3. The van der Waals surface area contributed by atoms with Crippen LogP contribution >= 0.6 is 23.1 Å². The Bertz CT molecular complexity index is 500. The lowest BCUT2D eigenvalue weighted by molar-refractivity contribution is 0.393. The van der Waals surface area contributed by atoms with Crippen LogP contribution in [-0.2, 0) is 10.5 Å². The van der Waals surface area contributed by atoms with Gasteiger partial charge in [-0.15, -0.1) is 16.3 Å². The normalized spacial score (nSPS) is 10.8. The van der Waals surface area contributed by atoms with Crippen molar-refractivity contribution in [1.29, 1.82) is 5.26 Å². The Morgan fingerprint density at radius 2 is 2.42 bits per heavy atom. The largest absolute Gasteiger partial charge is 0.484 e. The third kappa shape index (κ3) is 6.08. The number of ether oxygens (including phenoxy) is 1. The fraction of sp³-hybridized carbons (Fsp3) is 0.400. The Morgan fingerprint density at radius 3 is 3.05 bits per heavy atom. The third-order valence-corrected chi connectivity index (χ3v) is 3.66. The highest BCUT2D eigenvalue weighted by molar-refractivity contribution is 7.98. The number of nitrogens with two attached hydrogens (primary N) is 2. The first-order valence-corrected chi connectivity index (χ1v) is 7.30. The fourth-order valence-electron chi connectivity index (χ4n) is 1.12. The second-order valence-electron chi connectivity index (χ2n) is 3.27. The number of nitrogens with zero attached hydrogens (tertiary/aromatic N) is 4. The standard InChI is InChI=1S/C10H14N6OS2/c1-17-8(14-6-11)2-3-18-4-7-5-19-10(15-7)16-9(12)13/h5H,2-4H2,1H3,(H4,12,13,15,16). The van der Waals surface area contributed by atoms with Crippen molar-refractivity contribution in [2.24, 2.45) is 21.5 Å². The molecule has 102 valence electrons. The lowest BCUT2D eigenvalue weighted by Crippen LogP contribution is -2.21. The van der Waals surface area contributed by atoms with E-state index in [0.29, 0.717) is 17.5 Å². The Balaban J connectivity index is 2.34. The van der Waals surface area contributed by atoms with Gasteiger partial charge in [-0.1, -0.05) is 0 Å². The Morgan fingerprint density at radius 1 is 1.63 bits per heavy atom. The highest BCUT2D eigenvalue weighted by Crippen LogP contribution is 2.22. The number of rotatable bonds is 6. The quantitative estimate of drug-likeness (QED) is 0.352. The number of methoxy groups -OCH3 is 1. The van der Waals surface area contributed by atoms with Crippen LogP contribution in [0.4, 0.5) is 5.13 Å². The van der Waals surface area contributed by atoms with Crippen LogP contribution in [0.15, 0.2) is 15.4 Å². The monoisotopic (exact) mass is 298 g/mol. The van der Waals surface area contributed by atoms with Crippen LogP contribution < -0.4 is 11.5 Å². The van der Waals surface area contributed by atoms with Crippen LogP contribution in [0.3, 0.4) is 0 Å². The first-order valence-electron chi connectivity index (χ1n) is 5.27. The molecule has 0 saturated heterocycles. The van der Waals surface area contributed by atoms with Gasteiger partial charge < -0.3 is 16.2 Å². The Labute approximate surface area is 119 Å². The maximum Gasteiger partial charge on any atom is 0.212 e. The van der Waals surface area contributed by atoms with Gasteiger partial charge in [-0.3, -0.25) is 0 Å². The van der Waals surface area contributed by atoms with Gasteiger partial charge in [-0.05, 0) is 0 Å². The van der Waals surface area contributed by atoms with Crippen LogP contribution in [0.2, 0.25) is 0 Å². The molecule has 1 aromatic rings. The summed E-state index contributed by atoms with van der Waals surface area (Å²) in [5, 5.41) is 10.9. The number of nitriles is 1. The molecule has 0 aliphatic heterocycles. The van der Waals surface area contributed by atoms with Crippen LogP contribution in [0.25, 0.3) is 0 Å². The van der Waals surface area contributed by atoms with Crippen LogP contribution in [0.1, 0.15) is 12.1 Å². The maximum atomic E-state index is 8.41. The van der Waals surface area contributed by atoms with E-state index in [4.69, 9.17) is 21.5 Å². The van der Waals surface area contributed by atoms with Gasteiger partial charge in [0.25, 0.3) is 0 Å². The summed E-state index contributed by atoms with van der Waals surface area (Å²) in [4.78, 5) is 11.7. The van der Waals surface area contributed by atoms with Gasteiger partial charge in [0, 0.05) is 23.3 Å². The second kappa shape index (κ2) is 8.34. The SMILES string of the molecule is COC(CCSCc1csc(N=C(N)N)n1)=NC#N. The Kier molecular flexibility index (Phi) is 6.70. The third-order valence-electron chi connectivity index (χ3n) is 1.88. The van der Waals surface area contributed by atoms with E-state index < -0.39 is 0 Å². The van der Waals surface area contributed by atoms with Crippen molar-refractivity contribution in [1.82, 2.24) is 4.98 Å². The van der Waals surface area contributed by atoms with E-state index in [2.05, 4.69) is 15.0 Å². The van der Waals surface area contributed by atoms with Gasteiger partial charge in [-0.2, -0.15) is 22.0 Å². The lowest BCUT2D eigenvalue weighted by Gasteiger charge is -2.01. The molecule has 9 heteroatoms. The van der Waals surface area contributed by atoms with Crippen LogP contribution in [0, 0.1) is 11.5 Å². The Hall–Kier alpha value is -1.79. The molecule has 0 unspecified atom stereocenters. The summed E-state index contributed by atoms with van der Waals surface area (Å²) in [6.07, 6.45) is 2.31. The summed E-state index contributed by atoms with van der Waals surface area (Å²) < 4.78 is 4.95. The average molecular weight is 298 g/mol. The van der Waals surface area contributed by atoms with E-state index in [1.807, 2.05) is 5.38 Å². The van der Waals surface area contributed by atoms with E-state index >= 15 is 0 Å². The highest BCUT2D eigenvalue weighted by atomic mass is 32.2. The first-order chi connectivity index (χ1) is 9.15. The summed E-state index contributed by atoms with van der Waals surface area (Å²) in [5.41, 5.74) is 11.5. The van der Waals surface area contributed by atoms with E-state index in [1.165, 1.54) is 18.4 Å². The van der Waals surface area contributed by atoms with Crippen molar-refractivity contribution >= 4 is 40.1 Å². The molecule has 4 N–H and O–H groups in total. The zero-order valence-electron chi connectivity index (χ0n) is 10.4. The van der Waals surface area contributed by atoms with Gasteiger partial charge in [0.2, 0.25) is 11.3 Å². The average Bonchev–Trinajstić information content (AvgIpc) is 2.80. The maximum absolute atomic E-state index is 8.41. The zero-order valence-corrected chi connectivity index (χ0v) is 12.0. The van der Waals surface area contributed by atoms with Gasteiger partial charge >= 0.3 is 0 Å². The van der Waals surface area contributed by atoms with E-state index in [1.54, 1.807) is 18.0 Å². The summed E-state index contributed by atoms with van der Waals surface area (Å²) in [5.74, 6) is 1.99. The number of hydrogen-bond donors (Lipinski definition) is 2. The van der Waals surface area contributed by atoms with Crippen molar-refractivity contribution in [3.63, 3.8) is 0 Å². The molecule has 0 bridgehead atoms. The van der Waals surface area contributed by atoms with E-state index in [-0.39, 0.29) is 5.96 Å². The van der Waals surface area contributed by atoms with Crippen LogP contribution in [-0.4, -0.2) is 29.7 Å². The molecule has 0 radical (unpaired) electrons. The minimum absolute atomic E-state index is 0.00556. The molecule has 0 aliphatic carbocycles. The number of aromatic nitrogens is 1. The molecule has 1 rings (SSSR count). The van der Waals surface area contributed by atoms with Gasteiger partial charge in [-0.25, -0.2) is 4.98 Å². The summed E-state index contributed by atoms with van der Waals surface area (Å²) in [6.45, 7) is 0. The summed E-state index contributed by atoms with van der Waals surface area (Å²) in [7, 11) is 1.50. The molecular weight excluding hydrogens is 284 g/mol. The number of hydrogen-bond acceptors (Lipinski definition) is 7. The number of thiazole rings is 1. The number of aliphatic imine (C=N–C) groups is 2. The van der Waals surface area contributed by atoms with Crippen molar-refractivity contribution < 1.29 is 4.74 Å². The van der Waals surface area contributed by atoms with Crippen LogP contribution in [0.5, 0.6) is 0 Å². The molecule has 0 atom stereocenters. The van der Waals surface area contributed by atoms with Crippen molar-refractivity contribution in [2.75, 3.05) is 12.9 Å². The molecule has 0 fully saturated rings. The topological polar surface area (TPSA) is 123 Å². The number of thioether (sulfide) groups is 1. The molecule has 0 aliphatic rings. The van der Waals surface area contributed by atoms with E-state index in [9.17, 15) is 0 Å². The molecule has 1 heterocycles. The second-order valence-corrected chi connectivity index (χ2v) is 5.21. The molecular formula is C10H14N6OS2. The fourth-order valence-corrected chi connectivity index (χ4v) is 2.75. The predicted molar refractivity (Wildman–Crippen MR) is 78.4 cm³/mol. The summed E-state index contributed by atoms with van der Waals surface area (Å²) in [6, 6.07) is 0. The molecule has 7 nitrogen and oxygen atoms in total. The smallest absolute Gasteiger partial charge is 0.212 e. The zero-order chi connectivity index (χ0) is 14.1. The van der Waals surface area contributed by atoms with Gasteiger partial charge in [0.15, 0.2) is 11.9 Å². The molecule has 0 amide bonds. The van der Waals surface area contributed by atoms with Crippen molar-refractivity contribution in [2.45, 2.75) is 12.2 Å². The minimum atomic E-state index is 0.00556. The van der Waals surface area contributed by atoms with E-state index in [0.717, 1.165) is 17.2 Å². The number of guanidine groups is 1. The molecule has 19 heavy (non-hydrogen) atoms. The predicted octanol–water partition coefficient (Wildman–Crippen LogP) is 1.20. The highest BCUT2D eigenvalue weighted by Gasteiger charge is 2.03. The lowest BCUT2D eigenvalue weighted by atomic mass is 10.5. The molecule has 0 spiro atoms. The molecule has 0 aromatic carbocycles. The molecule has 1 aromatic heterocycles.